The van der Waals surface area contributed by atoms with E-state index in [9.17, 15) is 4.79 Å². The van der Waals surface area contributed by atoms with Gasteiger partial charge in [0.2, 0.25) is 5.91 Å². The van der Waals surface area contributed by atoms with Crippen LogP contribution in [0.1, 0.15) is 23.4 Å². The molecule has 0 unspecified atom stereocenters. The minimum absolute atomic E-state index is 0.237. The number of carbonyl (C=O) groups excluding carboxylic acids is 1. The zero-order valence-electron chi connectivity index (χ0n) is 16.9. The van der Waals surface area contributed by atoms with Crippen LogP contribution in [0.2, 0.25) is 0 Å². The van der Waals surface area contributed by atoms with Crippen molar-refractivity contribution in [2.45, 2.75) is 19.8 Å². The van der Waals surface area contributed by atoms with Crippen LogP contribution in [0, 0.1) is 6.92 Å². The van der Waals surface area contributed by atoms with Crippen molar-refractivity contribution >= 4 is 23.1 Å². The number of hydrogen-bond acceptors (Lipinski definition) is 4. The molecule has 1 amide bonds. The molecule has 1 aliphatic heterocycles. The minimum Gasteiger partial charge on any atom is -0.441 e. The molecule has 0 radical (unpaired) electrons. The number of nitrogens with zero attached hydrogens (tertiary/aromatic N) is 3. The highest BCUT2D eigenvalue weighted by molar-refractivity contribution is 5.77. The first-order chi connectivity index (χ1) is 14.2. The van der Waals surface area contributed by atoms with Crippen molar-refractivity contribution in [2.24, 2.45) is 0 Å². The highest BCUT2D eigenvalue weighted by atomic mass is 16.3. The number of carbonyl (C=O) groups is 1. The Morgan fingerprint density at radius 1 is 1.10 bits per heavy atom. The third kappa shape index (κ3) is 5.12. The Kier molecular flexibility index (Phi) is 6.06. The van der Waals surface area contributed by atoms with Gasteiger partial charge < -0.3 is 9.32 Å². The first kappa shape index (κ1) is 19.4. The second-order valence-corrected chi connectivity index (χ2v) is 7.53. The van der Waals surface area contributed by atoms with Crippen molar-refractivity contribution in [1.82, 2.24) is 14.8 Å². The summed E-state index contributed by atoms with van der Waals surface area (Å²) in [7, 11) is 0. The molecule has 5 heteroatoms. The van der Waals surface area contributed by atoms with Gasteiger partial charge in [-0.15, -0.1) is 0 Å². The van der Waals surface area contributed by atoms with E-state index < -0.39 is 0 Å². The van der Waals surface area contributed by atoms with Gasteiger partial charge in [-0.05, 0) is 29.7 Å². The van der Waals surface area contributed by atoms with E-state index in [1.807, 2.05) is 36.1 Å². The zero-order chi connectivity index (χ0) is 20.1. The quantitative estimate of drug-likeness (QED) is 0.641. The summed E-state index contributed by atoms with van der Waals surface area (Å²) in [5.74, 6) is 0.908. The fourth-order valence-corrected chi connectivity index (χ4v) is 3.73. The maximum atomic E-state index is 12.6. The third-order valence-electron chi connectivity index (χ3n) is 5.38. The normalized spacial score (nSPS) is 15.4. The number of aromatic nitrogens is 1. The molecule has 1 aromatic heterocycles. The van der Waals surface area contributed by atoms with Crippen molar-refractivity contribution in [2.75, 3.05) is 32.7 Å². The fourth-order valence-electron chi connectivity index (χ4n) is 3.73. The molecule has 0 bridgehead atoms. The first-order valence-electron chi connectivity index (χ1n) is 10.3. The van der Waals surface area contributed by atoms with E-state index in [1.165, 1.54) is 5.56 Å². The number of benzene rings is 2. The molecular weight excluding hydrogens is 362 g/mol. The zero-order valence-corrected chi connectivity index (χ0v) is 16.9. The SMILES string of the molecule is Cc1nc2cc(CCC(=O)N3CCN(C/C=C/c4ccccc4)CC3)ccc2o1. The van der Waals surface area contributed by atoms with Gasteiger partial charge in [-0.3, -0.25) is 9.69 Å². The molecule has 1 fully saturated rings. The van der Waals surface area contributed by atoms with E-state index in [0.717, 1.165) is 55.8 Å². The molecule has 0 atom stereocenters. The van der Waals surface area contributed by atoms with Crippen LogP contribution in [0.25, 0.3) is 17.2 Å². The summed E-state index contributed by atoms with van der Waals surface area (Å²) in [6.07, 6.45) is 5.64. The molecule has 0 N–H and O–H groups in total. The van der Waals surface area contributed by atoms with Gasteiger partial charge in [-0.2, -0.15) is 0 Å². The van der Waals surface area contributed by atoms with Gasteiger partial charge in [-0.1, -0.05) is 48.6 Å². The smallest absolute Gasteiger partial charge is 0.222 e. The summed E-state index contributed by atoms with van der Waals surface area (Å²) < 4.78 is 5.51. The summed E-state index contributed by atoms with van der Waals surface area (Å²) in [5.41, 5.74) is 4.02. The van der Waals surface area contributed by atoms with Gasteiger partial charge >= 0.3 is 0 Å². The monoisotopic (exact) mass is 389 g/mol. The number of rotatable bonds is 6. The lowest BCUT2D eigenvalue weighted by Crippen LogP contribution is -2.48. The lowest BCUT2D eigenvalue weighted by molar-refractivity contribution is -0.132. The third-order valence-corrected chi connectivity index (χ3v) is 5.38. The molecule has 150 valence electrons. The second-order valence-electron chi connectivity index (χ2n) is 7.53. The molecule has 0 spiro atoms. The van der Waals surface area contributed by atoms with Crippen LogP contribution < -0.4 is 0 Å². The largest absolute Gasteiger partial charge is 0.441 e. The van der Waals surface area contributed by atoms with Gasteiger partial charge in [0.15, 0.2) is 11.5 Å². The fraction of sp³-hybridized carbons (Fsp3) is 0.333. The van der Waals surface area contributed by atoms with Crippen LogP contribution in [0.4, 0.5) is 0 Å². The minimum atomic E-state index is 0.237. The van der Waals surface area contributed by atoms with E-state index in [0.29, 0.717) is 12.3 Å². The van der Waals surface area contributed by atoms with Crippen LogP contribution in [0.3, 0.4) is 0 Å². The van der Waals surface area contributed by atoms with Crippen LogP contribution in [0.5, 0.6) is 0 Å². The standard InChI is InChI=1S/C24H27N3O2/c1-19-25-22-18-21(9-11-23(22)29-19)10-12-24(28)27-16-14-26(15-17-27)13-5-8-20-6-3-2-4-7-20/h2-9,11,18H,10,12-17H2,1H3/b8-5+. The summed E-state index contributed by atoms with van der Waals surface area (Å²) >= 11 is 0. The molecule has 1 aliphatic rings. The number of piperazine rings is 1. The van der Waals surface area contributed by atoms with Crippen molar-refractivity contribution in [3.05, 3.63) is 71.6 Å². The Balaban J connectivity index is 1.21. The van der Waals surface area contributed by atoms with Crippen LogP contribution in [0.15, 0.2) is 59.0 Å². The summed E-state index contributed by atoms with van der Waals surface area (Å²) in [6, 6.07) is 16.3. The van der Waals surface area contributed by atoms with Gasteiger partial charge in [0.1, 0.15) is 5.52 Å². The highest BCUT2D eigenvalue weighted by Crippen LogP contribution is 2.18. The number of amides is 1. The lowest BCUT2D eigenvalue weighted by Gasteiger charge is -2.34. The Morgan fingerprint density at radius 2 is 1.90 bits per heavy atom. The molecule has 0 saturated carbocycles. The number of oxazole rings is 1. The molecule has 1 saturated heterocycles. The molecule has 5 nitrogen and oxygen atoms in total. The second kappa shape index (κ2) is 9.05. The maximum absolute atomic E-state index is 12.6. The molecule has 2 aromatic carbocycles. The Morgan fingerprint density at radius 3 is 2.69 bits per heavy atom. The average molecular weight is 389 g/mol. The molecule has 0 aliphatic carbocycles. The summed E-state index contributed by atoms with van der Waals surface area (Å²) in [4.78, 5) is 21.4. The van der Waals surface area contributed by atoms with Gasteiger partial charge in [0.25, 0.3) is 0 Å². The van der Waals surface area contributed by atoms with Crippen molar-refractivity contribution in [3.8, 4) is 0 Å². The number of aryl methyl sites for hydroxylation is 2. The number of hydrogen-bond donors (Lipinski definition) is 0. The topological polar surface area (TPSA) is 49.6 Å². The molecule has 29 heavy (non-hydrogen) atoms. The van der Waals surface area contributed by atoms with E-state index in [4.69, 9.17) is 4.42 Å². The van der Waals surface area contributed by atoms with Crippen LogP contribution in [-0.2, 0) is 11.2 Å². The van der Waals surface area contributed by atoms with E-state index in [1.54, 1.807) is 0 Å². The van der Waals surface area contributed by atoms with Crippen molar-refractivity contribution < 1.29 is 9.21 Å². The van der Waals surface area contributed by atoms with Crippen LogP contribution >= 0.6 is 0 Å². The van der Waals surface area contributed by atoms with Gasteiger partial charge in [-0.25, -0.2) is 4.98 Å². The lowest BCUT2D eigenvalue weighted by atomic mass is 10.1. The van der Waals surface area contributed by atoms with Gasteiger partial charge in [0, 0.05) is 46.1 Å². The first-order valence-corrected chi connectivity index (χ1v) is 10.3. The molecule has 2 heterocycles. The molecule has 4 rings (SSSR count). The average Bonchev–Trinajstić information content (AvgIpc) is 3.12. The predicted molar refractivity (Wildman–Crippen MR) is 116 cm³/mol. The predicted octanol–water partition coefficient (Wildman–Crippen LogP) is 3.93. The Bertz CT molecular complexity index is 986. The van der Waals surface area contributed by atoms with Crippen LogP contribution in [-0.4, -0.2) is 53.4 Å². The Labute approximate surface area is 171 Å². The molecule has 3 aromatic rings. The summed E-state index contributed by atoms with van der Waals surface area (Å²) in [6.45, 7) is 6.23. The van der Waals surface area contributed by atoms with E-state index in [2.05, 4.69) is 46.3 Å². The number of fused-ring (bicyclic) bond motifs is 1. The van der Waals surface area contributed by atoms with E-state index >= 15 is 0 Å². The summed E-state index contributed by atoms with van der Waals surface area (Å²) in [5, 5.41) is 0. The van der Waals surface area contributed by atoms with Crippen molar-refractivity contribution in [3.63, 3.8) is 0 Å². The van der Waals surface area contributed by atoms with E-state index in [-0.39, 0.29) is 5.91 Å². The maximum Gasteiger partial charge on any atom is 0.222 e. The Hall–Kier alpha value is -2.92. The molecular formula is C24H27N3O2. The van der Waals surface area contributed by atoms with Gasteiger partial charge in [0.05, 0.1) is 0 Å². The highest BCUT2D eigenvalue weighted by Gasteiger charge is 2.20. The van der Waals surface area contributed by atoms with Crippen molar-refractivity contribution in [1.29, 1.82) is 0 Å².